The zero-order chi connectivity index (χ0) is 19.2. The molecule has 0 aliphatic carbocycles. The topological polar surface area (TPSA) is 78.7 Å². The van der Waals surface area contributed by atoms with Gasteiger partial charge in [-0.3, -0.25) is 25.1 Å². The monoisotopic (exact) mass is 384 g/mol. The number of carbonyl (C=O) groups is 1. The molecule has 2 aromatic rings. The summed E-state index contributed by atoms with van der Waals surface area (Å²) in [6.07, 6.45) is 0. The zero-order valence-corrected chi connectivity index (χ0v) is 15.5. The van der Waals surface area contributed by atoms with Crippen molar-refractivity contribution in [1.29, 1.82) is 0 Å². The van der Waals surface area contributed by atoms with Crippen LogP contribution in [0.25, 0.3) is 0 Å². The summed E-state index contributed by atoms with van der Waals surface area (Å²) in [7, 11) is 0. The summed E-state index contributed by atoms with van der Waals surface area (Å²) in [6, 6.07) is 15.8. The lowest BCUT2D eigenvalue weighted by Gasteiger charge is -2.36. The Morgan fingerprint density at radius 3 is 2.26 bits per heavy atom. The highest BCUT2D eigenvalue weighted by molar-refractivity contribution is 7.80. The molecule has 0 spiro atoms. The molecule has 1 aliphatic heterocycles. The Morgan fingerprint density at radius 2 is 1.67 bits per heavy atom. The summed E-state index contributed by atoms with van der Waals surface area (Å²) in [4.78, 5) is 26.8. The summed E-state index contributed by atoms with van der Waals surface area (Å²) < 4.78 is 0. The highest BCUT2D eigenvalue weighted by Crippen LogP contribution is 2.12. The third-order valence-corrected chi connectivity index (χ3v) is 4.83. The number of nitro benzene ring substituents is 1. The fourth-order valence-electron chi connectivity index (χ4n) is 2.93. The number of hydrogen-bond acceptors (Lipinski definition) is 5. The zero-order valence-electron chi connectivity index (χ0n) is 14.7. The first-order valence-corrected chi connectivity index (χ1v) is 9.05. The maximum absolute atomic E-state index is 12.3. The highest BCUT2D eigenvalue weighted by atomic mass is 32.1. The molecule has 3 rings (SSSR count). The van der Waals surface area contributed by atoms with Gasteiger partial charge in [0.05, 0.1) is 4.92 Å². The summed E-state index contributed by atoms with van der Waals surface area (Å²) >= 11 is 5.35. The summed E-state index contributed by atoms with van der Waals surface area (Å²) in [6.45, 7) is 4.11. The number of thiocarbonyl (C=S) groups is 1. The van der Waals surface area contributed by atoms with Crippen LogP contribution in [0.5, 0.6) is 0 Å². The minimum Gasteiger partial charge on any atom is -0.346 e. The lowest BCUT2D eigenvalue weighted by molar-refractivity contribution is -0.384. The molecule has 1 fully saturated rings. The minimum atomic E-state index is -0.499. The second-order valence-electron chi connectivity index (χ2n) is 6.31. The number of non-ortho nitro benzene ring substituents is 1. The average Bonchev–Trinajstić information content (AvgIpc) is 2.69. The minimum absolute atomic E-state index is 0.0522. The van der Waals surface area contributed by atoms with Gasteiger partial charge in [0.15, 0.2) is 5.11 Å². The third-order valence-electron chi connectivity index (χ3n) is 4.47. The molecule has 27 heavy (non-hydrogen) atoms. The second-order valence-corrected chi connectivity index (χ2v) is 6.70. The third kappa shape index (κ3) is 5.08. The van der Waals surface area contributed by atoms with Crippen LogP contribution in [-0.4, -0.2) is 51.9 Å². The molecule has 1 saturated heterocycles. The largest absolute Gasteiger partial charge is 0.346 e. The van der Waals surface area contributed by atoms with Crippen LogP contribution in [0, 0.1) is 10.1 Å². The molecule has 1 heterocycles. The van der Waals surface area contributed by atoms with Crippen LogP contribution in [0.15, 0.2) is 54.6 Å². The standard InChI is InChI=1S/C19H20N4O3S/c24-18(16-6-8-17(9-7-16)23(25)26)20-19(27)22-12-10-21(11-13-22)14-15-4-2-1-3-5-15/h1-9H,10-14H2,(H,20,24,27). The summed E-state index contributed by atoms with van der Waals surface area (Å²) in [5.41, 5.74) is 1.56. The molecule has 0 atom stereocenters. The normalized spacial score (nSPS) is 14.6. The van der Waals surface area contributed by atoms with E-state index in [-0.39, 0.29) is 11.6 Å². The van der Waals surface area contributed by atoms with Gasteiger partial charge in [0.25, 0.3) is 11.6 Å². The van der Waals surface area contributed by atoms with Crippen LogP contribution in [0.1, 0.15) is 15.9 Å². The number of nitrogens with zero attached hydrogens (tertiary/aromatic N) is 3. The number of carbonyl (C=O) groups excluding carboxylic acids is 1. The predicted molar refractivity (Wildman–Crippen MR) is 106 cm³/mol. The van der Waals surface area contributed by atoms with Crippen molar-refractivity contribution < 1.29 is 9.72 Å². The molecule has 7 nitrogen and oxygen atoms in total. The Morgan fingerprint density at radius 1 is 1.04 bits per heavy atom. The molecule has 0 bridgehead atoms. The van der Waals surface area contributed by atoms with Gasteiger partial charge in [-0.15, -0.1) is 0 Å². The molecule has 0 saturated carbocycles. The van der Waals surface area contributed by atoms with Crippen LogP contribution in [0.4, 0.5) is 5.69 Å². The average molecular weight is 384 g/mol. The quantitative estimate of drug-likeness (QED) is 0.496. The Hall–Kier alpha value is -2.84. The number of amides is 1. The second kappa shape index (κ2) is 8.70. The van der Waals surface area contributed by atoms with Crippen molar-refractivity contribution in [2.24, 2.45) is 0 Å². The van der Waals surface area contributed by atoms with Crippen molar-refractivity contribution in [3.8, 4) is 0 Å². The van der Waals surface area contributed by atoms with Gasteiger partial charge < -0.3 is 4.90 Å². The number of rotatable bonds is 4. The maximum atomic E-state index is 12.3. The van der Waals surface area contributed by atoms with Gasteiger partial charge in [-0.25, -0.2) is 0 Å². The van der Waals surface area contributed by atoms with E-state index in [9.17, 15) is 14.9 Å². The first-order chi connectivity index (χ1) is 13.0. The smallest absolute Gasteiger partial charge is 0.269 e. The lowest BCUT2D eigenvalue weighted by atomic mass is 10.2. The molecule has 1 N–H and O–H groups in total. The Bertz CT molecular complexity index is 819. The lowest BCUT2D eigenvalue weighted by Crippen LogP contribution is -2.52. The van der Waals surface area contributed by atoms with Crippen molar-refractivity contribution in [1.82, 2.24) is 15.1 Å². The van der Waals surface area contributed by atoms with Crippen LogP contribution in [0.3, 0.4) is 0 Å². The fraction of sp³-hybridized carbons (Fsp3) is 0.263. The molecule has 2 aromatic carbocycles. The summed E-state index contributed by atoms with van der Waals surface area (Å²) in [5.74, 6) is -0.360. The van der Waals surface area contributed by atoms with Gasteiger partial charge in [0, 0.05) is 50.4 Å². The van der Waals surface area contributed by atoms with Gasteiger partial charge in [0.2, 0.25) is 0 Å². The van der Waals surface area contributed by atoms with Crippen molar-refractivity contribution in [2.75, 3.05) is 26.2 Å². The van der Waals surface area contributed by atoms with Crippen LogP contribution < -0.4 is 5.32 Å². The van der Waals surface area contributed by atoms with Gasteiger partial charge >= 0.3 is 0 Å². The first-order valence-electron chi connectivity index (χ1n) is 8.64. The van der Waals surface area contributed by atoms with Gasteiger partial charge in [0.1, 0.15) is 0 Å². The predicted octanol–water partition coefficient (Wildman–Crippen LogP) is 2.43. The van der Waals surface area contributed by atoms with Crippen molar-refractivity contribution in [3.63, 3.8) is 0 Å². The van der Waals surface area contributed by atoms with Crippen molar-refractivity contribution in [3.05, 3.63) is 75.8 Å². The highest BCUT2D eigenvalue weighted by Gasteiger charge is 2.20. The summed E-state index contributed by atoms with van der Waals surface area (Å²) in [5, 5.41) is 13.8. The van der Waals surface area contributed by atoms with E-state index in [0.29, 0.717) is 10.7 Å². The molecule has 0 radical (unpaired) electrons. The molecule has 0 aromatic heterocycles. The molecule has 1 aliphatic rings. The van der Waals surface area contributed by atoms with Crippen LogP contribution in [0.2, 0.25) is 0 Å². The van der Waals surface area contributed by atoms with Crippen LogP contribution >= 0.6 is 12.2 Å². The van der Waals surface area contributed by atoms with E-state index in [1.165, 1.54) is 29.8 Å². The number of benzene rings is 2. The molecule has 1 amide bonds. The SMILES string of the molecule is O=C(NC(=S)N1CCN(Cc2ccccc2)CC1)c1ccc([N+](=O)[O-])cc1. The first kappa shape index (κ1) is 18.9. The number of piperazine rings is 1. The van der Waals surface area contributed by atoms with Crippen molar-refractivity contribution in [2.45, 2.75) is 6.54 Å². The Kier molecular flexibility index (Phi) is 6.10. The van der Waals surface area contributed by atoms with E-state index in [0.717, 1.165) is 32.7 Å². The fourth-order valence-corrected chi connectivity index (χ4v) is 3.21. The number of nitro groups is 1. The van der Waals surface area contributed by atoms with Gasteiger partial charge in [-0.1, -0.05) is 30.3 Å². The molecule has 8 heteroatoms. The molecule has 0 unspecified atom stereocenters. The van der Waals surface area contributed by atoms with E-state index < -0.39 is 4.92 Å². The Balaban J connectivity index is 1.49. The molecular weight excluding hydrogens is 364 g/mol. The van der Waals surface area contributed by atoms with E-state index in [1.807, 2.05) is 23.1 Å². The molecular formula is C19H20N4O3S. The van der Waals surface area contributed by atoms with Crippen LogP contribution in [-0.2, 0) is 6.54 Å². The van der Waals surface area contributed by atoms with E-state index in [1.54, 1.807) is 0 Å². The van der Waals surface area contributed by atoms with E-state index in [2.05, 4.69) is 22.3 Å². The van der Waals surface area contributed by atoms with E-state index in [4.69, 9.17) is 12.2 Å². The maximum Gasteiger partial charge on any atom is 0.269 e. The number of nitrogens with one attached hydrogen (secondary N) is 1. The Labute approximate surface area is 162 Å². The molecule has 140 valence electrons. The number of hydrogen-bond donors (Lipinski definition) is 1. The van der Waals surface area contributed by atoms with E-state index >= 15 is 0 Å². The van der Waals surface area contributed by atoms with Crippen molar-refractivity contribution >= 4 is 28.9 Å². The van der Waals surface area contributed by atoms with Gasteiger partial charge in [-0.05, 0) is 29.9 Å². The van der Waals surface area contributed by atoms with Gasteiger partial charge in [-0.2, -0.15) is 0 Å².